The standard InChI is InChI=1S/C22H23N5O2/c1-26-13-17-11-15(9-10-18(17)25-26)12-19-21(28)27(2)22(23-19)24-20(14-29-3)16-7-5-4-6-8-16/h4-13,20H,14H2,1-3H3,(H,23,24)/b19-12-/t20-/m0/s1. The highest BCUT2D eigenvalue weighted by atomic mass is 16.5. The summed E-state index contributed by atoms with van der Waals surface area (Å²) in [7, 11) is 5.25. The molecule has 2 heterocycles. The first-order chi connectivity index (χ1) is 14.0. The number of carbonyl (C=O) groups is 1. The summed E-state index contributed by atoms with van der Waals surface area (Å²) in [5.74, 6) is 0.383. The number of rotatable bonds is 5. The Morgan fingerprint density at radius 2 is 2.00 bits per heavy atom. The summed E-state index contributed by atoms with van der Waals surface area (Å²) in [6.07, 6.45) is 3.79. The van der Waals surface area contributed by atoms with E-state index in [4.69, 9.17) is 9.73 Å². The highest BCUT2D eigenvalue weighted by Gasteiger charge is 2.29. The van der Waals surface area contributed by atoms with Gasteiger partial charge in [0, 0.05) is 32.8 Å². The van der Waals surface area contributed by atoms with Crippen molar-refractivity contribution in [2.45, 2.75) is 6.04 Å². The van der Waals surface area contributed by atoms with Crippen LogP contribution < -0.4 is 5.32 Å². The zero-order valence-corrected chi connectivity index (χ0v) is 16.7. The molecule has 1 aliphatic heterocycles. The zero-order valence-electron chi connectivity index (χ0n) is 16.7. The monoisotopic (exact) mass is 389 g/mol. The van der Waals surface area contributed by atoms with E-state index in [1.54, 1.807) is 18.8 Å². The second-order valence-corrected chi connectivity index (χ2v) is 7.00. The van der Waals surface area contributed by atoms with E-state index in [1.165, 1.54) is 4.90 Å². The summed E-state index contributed by atoms with van der Waals surface area (Å²) in [6.45, 7) is 0.425. The number of nitrogens with zero attached hydrogens (tertiary/aromatic N) is 4. The number of aliphatic imine (C=N–C) groups is 1. The van der Waals surface area contributed by atoms with Gasteiger partial charge in [0.05, 0.1) is 12.1 Å². The van der Waals surface area contributed by atoms with Gasteiger partial charge in [-0.15, -0.1) is 0 Å². The van der Waals surface area contributed by atoms with Crippen molar-refractivity contribution >= 4 is 28.8 Å². The topological polar surface area (TPSA) is 71.7 Å². The molecule has 1 aromatic heterocycles. The number of hydrogen-bond acceptors (Lipinski definition) is 4. The van der Waals surface area contributed by atoms with Crippen molar-refractivity contribution in [1.29, 1.82) is 0 Å². The van der Waals surface area contributed by atoms with Crippen molar-refractivity contribution in [1.82, 2.24) is 20.0 Å². The maximum Gasteiger partial charge on any atom is 0.276 e. The lowest BCUT2D eigenvalue weighted by Crippen LogP contribution is -2.29. The van der Waals surface area contributed by atoms with Gasteiger partial charge in [-0.25, -0.2) is 4.99 Å². The molecule has 29 heavy (non-hydrogen) atoms. The molecule has 2 aromatic carbocycles. The lowest BCUT2D eigenvalue weighted by Gasteiger charge is -2.15. The SMILES string of the molecule is COC[C@H](N=C1N/C(=C\c2ccc3nn(C)cc3c2)C(=O)N1C)c1ccccc1. The van der Waals surface area contributed by atoms with Crippen molar-refractivity contribution in [3.8, 4) is 0 Å². The Balaban J connectivity index is 1.63. The number of benzene rings is 2. The lowest BCUT2D eigenvalue weighted by atomic mass is 10.1. The van der Waals surface area contributed by atoms with Crippen LogP contribution in [0.4, 0.5) is 0 Å². The van der Waals surface area contributed by atoms with Crippen molar-refractivity contribution in [2.24, 2.45) is 12.0 Å². The Labute approximate surface area is 169 Å². The maximum atomic E-state index is 12.7. The third kappa shape index (κ3) is 3.90. The van der Waals surface area contributed by atoms with Gasteiger partial charge in [-0.2, -0.15) is 5.10 Å². The quantitative estimate of drug-likeness (QED) is 0.681. The third-order valence-electron chi connectivity index (χ3n) is 4.84. The summed E-state index contributed by atoms with van der Waals surface area (Å²) in [4.78, 5) is 19.0. The molecule has 0 unspecified atom stereocenters. The molecule has 0 radical (unpaired) electrons. The Hall–Kier alpha value is -3.45. The number of carbonyl (C=O) groups excluding carboxylic acids is 1. The van der Waals surface area contributed by atoms with Gasteiger partial charge in [-0.3, -0.25) is 14.4 Å². The Bertz CT molecular complexity index is 1100. The van der Waals surface area contributed by atoms with Crippen LogP contribution in [0.3, 0.4) is 0 Å². The van der Waals surface area contributed by atoms with Gasteiger partial charge in [-0.1, -0.05) is 36.4 Å². The van der Waals surface area contributed by atoms with Gasteiger partial charge in [0.25, 0.3) is 5.91 Å². The molecule has 0 spiro atoms. The van der Waals surface area contributed by atoms with Crippen LogP contribution in [0.2, 0.25) is 0 Å². The van der Waals surface area contributed by atoms with Gasteiger partial charge in [0.15, 0.2) is 0 Å². The van der Waals surface area contributed by atoms with E-state index in [0.29, 0.717) is 18.3 Å². The zero-order chi connectivity index (χ0) is 20.4. The summed E-state index contributed by atoms with van der Waals surface area (Å²) in [6, 6.07) is 15.6. The Kier molecular flexibility index (Phi) is 5.14. The molecule has 1 aliphatic rings. The van der Waals surface area contributed by atoms with Crippen molar-refractivity contribution in [3.63, 3.8) is 0 Å². The van der Waals surface area contributed by atoms with Gasteiger partial charge >= 0.3 is 0 Å². The average molecular weight is 389 g/mol. The van der Waals surface area contributed by atoms with E-state index in [9.17, 15) is 4.79 Å². The molecule has 1 N–H and O–H groups in total. The molecule has 3 aromatic rings. The third-order valence-corrected chi connectivity index (χ3v) is 4.84. The molecule has 7 heteroatoms. The predicted molar refractivity (Wildman–Crippen MR) is 113 cm³/mol. The molecular formula is C22H23N5O2. The van der Waals surface area contributed by atoms with Crippen molar-refractivity contribution in [3.05, 3.63) is 71.6 Å². The Morgan fingerprint density at radius 3 is 2.76 bits per heavy atom. The highest BCUT2D eigenvalue weighted by molar-refractivity contribution is 6.15. The van der Waals surface area contributed by atoms with Crippen LogP contribution in [-0.4, -0.2) is 47.3 Å². The molecule has 1 fully saturated rings. The number of ether oxygens (including phenoxy) is 1. The lowest BCUT2D eigenvalue weighted by molar-refractivity contribution is -0.121. The molecule has 0 saturated carbocycles. The molecule has 1 saturated heterocycles. The van der Waals surface area contributed by atoms with Crippen LogP contribution in [0.25, 0.3) is 17.0 Å². The number of aromatic nitrogens is 2. The average Bonchev–Trinajstić information content (AvgIpc) is 3.22. The number of fused-ring (bicyclic) bond motifs is 1. The molecule has 1 amide bonds. The van der Waals surface area contributed by atoms with Crippen molar-refractivity contribution < 1.29 is 9.53 Å². The van der Waals surface area contributed by atoms with Crippen LogP contribution in [-0.2, 0) is 16.6 Å². The van der Waals surface area contributed by atoms with E-state index >= 15 is 0 Å². The first kappa shape index (κ1) is 18.9. The second kappa shape index (κ2) is 7.89. The number of aryl methyl sites for hydroxylation is 1. The predicted octanol–water partition coefficient (Wildman–Crippen LogP) is 2.72. The normalized spacial score (nSPS) is 18.0. The highest BCUT2D eigenvalue weighted by Crippen LogP contribution is 2.21. The minimum absolute atomic E-state index is 0.126. The van der Waals surface area contributed by atoms with Gasteiger partial charge in [-0.05, 0) is 29.3 Å². The maximum absolute atomic E-state index is 12.7. The smallest absolute Gasteiger partial charge is 0.276 e. The van der Waals surface area contributed by atoms with Crippen LogP contribution in [0.15, 0.2) is 65.4 Å². The summed E-state index contributed by atoms with van der Waals surface area (Å²) in [5.41, 5.74) is 3.36. The molecule has 0 bridgehead atoms. The first-order valence-electron chi connectivity index (χ1n) is 9.37. The number of nitrogens with one attached hydrogen (secondary N) is 1. The Morgan fingerprint density at radius 1 is 1.21 bits per heavy atom. The van der Waals surface area contributed by atoms with Crippen LogP contribution in [0.5, 0.6) is 0 Å². The first-order valence-corrected chi connectivity index (χ1v) is 9.37. The van der Waals surface area contributed by atoms with Gasteiger partial charge in [0.1, 0.15) is 11.7 Å². The number of likely N-dealkylation sites (N-methyl/N-ethyl adjacent to an activating group) is 1. The number of hydrogen-bond donors (Lipinski definition) is 1. The number of methoxy groups -OCH3 is 1. The second-order valence-electron chi connectivity index (χ2n) is 7.00. The van der Waals surface area contributed by atoms with E-state index in [2.05, 4.69) is 10.4 Å². The fourth-order valence-electron chi connectivity index (χ4n) is 3.36. The van der Waals surface area contributed by atoms with Crippen molar-refractivity contribution in [2.75, 3.05) is 20.8 Å². The molecule has 1 atom stereocenters. The minimum Gasteiger partial charge on any atom is -0.382 e. The van der Waals surface area contributed by atoms with Crippen LogP contribution in [0.1, 0.15) is 17.2 Å². The molecule has 4 rings (SSSR count). The summed E-state index contributed by atoms with van der Waals surface area (Å²) >= 11 is 0. The van der Waals surface area contributed by atoms with Gasteiger partial charge < -0.3 is 10.1 Å². The van der Waals surface area contributed by atoms with Crippen LogP contribution in [0, 0.1) is 0 Å². The van der Waals surface area contributed by atoms with E-state index in [0.717, 1.165) is 22.0 Å². The van der Waals surface area contributed by atoms with E-state index in [-0.39, 0.29) is 11.9 Å². The summed E-state index contributed by atoms with van der Waals surface area (Å²) < 4.78 is 7.11. The minimum atomic E-state index is -0.204. The van der Waals surface area contributed by atoms with E-state index < -0.39 is 0 Å². The largest absolute Gasteiger partial charge is 0.382 e. The molecule has 0 aliphatic carbocycles. The molecule has 7 nitrogen and oxygen atoms in total. The molecular weight excluding hydrogens is 366 g/mol. The van der Waals surface area contributed by atoms with Gasteiger partial charge in [0.2, 0.25) is 5.96 Å². The summed E-state index contributed by atoms with van der Waals surface area (Å²) in [5, 5.41) is 8.57. The van der Waals surface area contributed by atoms with Crippen LogP contribution >= 0.6 is 0 Å². The van der Waals surface area contributed by atoms with E-state index in [1.807, 2.05) is 67.9 Å². The molecule has 148 valence electrons. The number of amides is 1. The number of guanidine groups is 1. The fourth-order valence-corrected chi connectivity index (χ4v) is 3.36. The fraction of sp³-hybridized carbons (Fsp3) is 0.227.